The molecule has 24 heavy (non-hydrogen) atoms. The monoisotopic (exact) mass is 323 g/mol. The third-order valence-corrected chi connectivity index (χ3v) is 3.12. The summed E-state index contributed by atoms with van der Waals surface area (Å²) in [4.78, 5) is 23.7. The van der Waals surface area contributed by atoms with Gasteiger partial charge in [-0.3, -0.25) is 5.32 Å². The molecule has 0 aliphatic rings. The molecule has 8 nitrogen and oxygen atoms in total. The zero-order valence-corrected chi connectivity index (χ0v) is 12.3. The van der Waals surface area contributed by atoms with Crippen LogP contribution in [0.4, 0.5) is 10.7 Å². The number of benzene rings is 2. The first-order chi connectivity index (χ1) is 11.5. The number of nitrogens with two attached hydrogens (primary N) is 1. The lowest BCUT2D eigenvalue weighted by Crippen LogP contribution is -2.21. The van der Waals surface area contributed by atoms with Gasteiger partial charge in [0.25, 0.3) is 0 Å². The van der Waals surface area contributed by atoms with Crippen LogP contribution in [0.2, 0.25) is 0 Å². The molecule has 0 aliphatic heterocycles. The quantitative estimate of drug-likeness (QED) is 0.583. The number of anilines is 1. The Morgan fingerprint density at radius 2 is 1.67 bits per heavy atom. The van der Waals surface area contributed by atoms with E-state index in [9.17, 15) is 15.0 Å². The number of amides is 2. The number of nitrogens with one attached hydrogen (secondary N) is 1. The normalized spacial score (nSPS) is 10.3. The van der Waals surface area contributed by atoms with Gasteiger partial charge in [-0.25, -0.2) is 9.78 Å². The average Bonchev–Trinajstić information content (AvgIpc) is 2.54. The number of carbonyl (C=O) groups excluding carboxylic acids is 1. The number of phenolic OH excluding ortho intramolecular Hbond substituents is 2. The van der Waals surface area contributed by atoms with E-state index in [0.29, 0.717) is 11.4 Å². The molecule has 0 aliphatic carbocycles. The Bertz CT molecular complexity index is 899. The molecule has 2 aromatic carbocycles. The van der Waals surface area contributed by atoms with E-state index in [4.69, 9.17) is 5.73 Å². The first kappa shape index (κ1) is 15.2. The maximum atomic E-state index is 11.1. The van der Waals surface area contributed by atoms with Crippen LogP contribution in [0.1, 0.15) is 0 Å². The molecule has 0 radical (unpaired) electrons. The van der Waals surface area contributed by atoms with E-state index in [2.05, 4.69) is 20.3 Å². The Balaban J connectivity index is 2.16. The van der Waals surface area contributed by atoms with Gasteiger partial charge in [0, 0.05) is 11.6 Å². The van der Waals surface area contributed by atoms with E-state index in [1.54, 1.807) is 12.1 Å². The predicted molar refractivity (Wildman–Crippen MR) is 87.2 cm³/mol. The second kappa shape index (κ2) is 6.21. The van der Waals surface area contributed by atoms with Gasteiger partial charge in [0.15, 0.2) is 11.6 Å². The molecule has 0 unspecified atom stereocenters. The average molecular weight is 323 g/mol. The van der Waals surface area contributed by atoms with Crippen molar-refractivity contribution in [3.8, 4) is 34.3 Å². The predicted octanol–water partition coefficient (Wildman–Crippen LogP) is 2.11. The number of urea groups is 1. The number of aromatic hydroxyl groups is 2. The summed E-state index contributed by atoms with van der Waals surface area (Å²) < 4.78 is 0. The van der Waals surface area contributed by atoms with E-state index >= 15 is 0 Å². The maximum absolute atomic E-state index is 11.1. The van der Waals surface area contributed by atoms with Crippen molar-refractivity contribution >= 4 is 12.0 Å². The minimum atomic E-state index is -0.818. The zero-order valence-electron chi connectivity index (χ0n) is 12.3. The number of aromatic nitrogens is 3. The minimum Gasteiger partial charge on any atom is -0.508 e. The van der Waals surface area contributed by atoms with Crippen molar-refractivity contribution < 1.29 is 15.0 Å². The third-order valence-electron chi connectivity index (χ3n) is 3.12. The number of primary amides is 1. The van der Waals surface area contributed by atoms with E-state index < -0.39 is 6.03 Å². The van der Waals surface area contributed by atoms with Crippen molar-refractivity contribution in [2.45, 2.75) is 0 Å². The highest BCUT2D eigenvalue weighted by Crippen LogP contribution is 2.31. The molecule has 5 N–H and O–H groups in total. The lowest BCUT2D eigenvalue weighted by Gasteiger charge is -2.09. The molecular weight excluding hydrogens is 310 g/mol. The summed E-state index contributed by atoms with van der Waals surface area (Å²) in [6.45, 7) is 0. The Kier molecular flexibility index (Phi) is 3.94. The van der Waals surface area contributed by atoms with E-state index in [1.807, 2.05) is 18.2 Å². The minimum absolute atomic E-state index is 0.0428. The molecule has 1 aromatic heterocycles. The van der Waals surface area contributed by atoms with Crippen molar-refractivity contribution in [3.63, 3.8) is 0 Å². The van der Waals surface area contributed by atoms with Crippen LogP contribution in [0.3, 0.4) is 0 Å². The summed E-state index contributed by atoms with van der Waals surface area (Å²) in [7, 11) is 0. The fourth-order valence-electron chi connectivity index (χ4n) is 2.09. The Morgan fingerprint density at radius 1 is 0.958 bits per heavy atom. The lowest BCUT2D eigenvalue weighted by molar-refractivity contribution is 0.259. The van der Waals surface area contributed by atoms with Crippen molar-refractivity contribution in [1.29, 1.82) is 0 Å². The number of rotatable bonds is 3. The fraction of sp³-hybridized carbons (Fsp3) is 0. The van der Waals surface area contributed by atoms with Gasteiger partial charge in [-0.15, -0.1) is 0 Å². The second-order valence-corrected chi connectivity index (χ2v) is 4.86. The van der Waals surface area contributed by atoms with Gasteiger partial charge in [0.05, 0.1) is 5.56 Å². The van der Waals surface area contributed by atoms with E-state index in [0.717, 1.165) is 0 Å². The number of hydrogen-bond donors (Lipinski definition) is 4. The first-order valence-corrected chi connectivity index (χ1v) is 6.93. The molecule has 0 spiro atoms. The molecule has 1 heterocycles. The van der Waals surface area contributed by atoms with E-state index in [1.165, 1.54) is 18.2 Å². The molecule has 0 saturated carbocycles. The highest BCUT2D eigenvalue weighted by molar-refractivity contribution is 5.86. The molecule has 3 aromatic rings. The Hall–Kier alpha value is -3.68. The maximum Gasteiger partial charge on any atom is 0.319 e. The van der Waals surface area contributed by atoms with Crippen LogP contribution in [-0.4, -0.2) is 31.2 Å². The second-order valence-electron chi connectivity index (χ2n) is 4.86. The van der Waals surface area contributed by atoms with Crippen LogP contribution in [0, 0.1) is 0 Å². The van der Waals surface area contributed by atoms with Crippen LogP contribution in [0.25, 0.3) is 22.8 Å². The summed E-state index contributed by atoms with van der Waals surface area (Å²) in [6, 6.07) is 12.3. The molecule has 120 valence electrons. The smallest absolute Gasteiger partial charge is 0.319 e. The van der Waals surface area contributed by atoms with Crippen molar-refractivity contribution in [1.82, 2.24) is 15.0 Å². The van der Waals surface area contributed by atoms with Gasteiger partial charge in [-0.05, 0) is 12.1 Å². The summed E-state index contributed by atoms with van der Waals surface area (Å²) in [6.07, 6.45) is 0. The molecule has 8 heteroatoms. The Labute approximate surface area is 136 Å². The fourth-order valence-corrected chi connectivity index (χ4v) is 2.09. The third kappa shape index (κ3) is 3.22. The van der Waals surface area contributed by atoms with Gasteiger partial charge >= 0.3 is 6.03 Å². The molecule has 0 fully saturated rings. The van der Waals surface area contributed by atoms with Gasteiger partial charge in [0.1, 0.15) is 11.5 Å². The SMILES string of the molecule is NC(=O)Nc1nc(-c2ccccc2)nc(-c2ccc(O)cc2O)n1. The van der Waals surface area contributed by atoms with Crippen molar-refractivity contribution in [2.75, 3.05) is 5.32 Å². The Morgan fingerprint density at radius 3 is 2.33 bits per heavy atom. The topological polar surface area (TPSA) is 134 Å². The van der Waals surface area contributed by atoms with Gasteiger partial charge in [-0.1, -0.05) is 30.3 Å². The summed E-state index contributed by atoms with van der Waals surface area (Å²) >= 11 is 0. The molecule has 3 rings (SSSR count). The summed E-state index contributed by atoms with van der Waals surface area (Å²) in [5.74, 6) is 0.0927. The first-order valence-electron chi connectivity index (χ1n) is 6.93. The number of nitrogens with zero attached hydrogens (tertiary/aromatic N) is 3. The zero-order chi connectivity index (χ0) is 17.1. The largest absolute Gasteiger partial charge is 0.508 e. The molecular formula is C16H13N5O3. The van der Waals surface area contributed by atoms with Crippen LogP contribution in [0.5, 0.6) is 11.5 Å². The molecule has 0 bridgehead atoms. The number of carbonyl (C=O) groups is 1. The van der Waals surface area contributed by atoms with Crippen LogP contribution in [-0.2, 0) is 0 Å². The lowest BCUT2D eigenvalue weighted by atomic mass is 10.1. The highest BCUT2D eigenvalue weighted by atomic mass is 16.3. The van der Waals surface area contributed by atoms with Crippen LogP contribution in [0.15, 0.2) is 48.5 Å². The van der Waals surface area contributed by atoms with Gasteiger partial charge in [-0.2, -0.15) is 9.97 Å². The van der Waals surface area contributed by atoms with Crippen LogP contribution >= 0.6 is 0 Å². The number of phenols is 2. The van der Waals surface area contributed by atoms with E-state index in [-0.39, 0.29) is 28.8 Å². The van der Waals surface area contributed by atoms with Gasteiger partial charge < -0.3 is 15.9 Å². The van der Waals surface area contributed by atoms with Crippen LogP contribution < -0.4 is 11.1 Å². The number of hydrogen-bond acceptors (Lipinski definition) is 6. The summed E-state index contributed by atoms with van der Waals surface area (Å²) in [5.41, 5.74) is 6.10. The van der Waals surface area contributed by atoms with Gasteiger partial charge in [0.2, 0.25) is 5.95 Å². The molecule has 2 amide bonds. The van der Waals surface area contributed by atoms with Crippen molar-refractivity contribution in [3.05, 3.63) is 48.5 Å². The highest BCUT2D eigenvalue weighted by Gasteiger charge is 2.14. The standard InChI is InChI=1S/C16H13N5O3/c17-15(24)21-16-19-13(9-4-2-1-3-5-9)18-14(20-16)11-7-6-10(22)8-12(11)23/h1-8,22-23H,(H3,17,18,19,20,21,24). The van der Waals surface area contributed by atoms with Crippen molar-refractivity contribution in [2.24, 2.45) is 5.73 Å². The molecule has 0 atom stereocenters. The molecule has 0 saturated heterocycles. The summed E-state index contributed by atoms with van der Waals surface area (Å²) in [5, 5.41) is 21.7.